The number of hydrogen-bond donors (Lipinski definition) is 2. The van der Waals surface area contributed by atoms with E-state index in [-0.39, 0.29) is 11.9 Å². The molecule has 3 atom stereocenters. The number of hydrogen-bond acceptors (Lipinski definition) is 4. The molecule has 1 fully saturated rings. The summed E-state index contributed by atoms with van der Waals surface area (Å²) in [5.74, 6) is 0.616. The molecule has 5 heteroatoms. The van der Waals surface area contributed by atoms with Crippen LogP contribution in [0, 0.1) is 5.92 Å². The van der Waals surface area contributed by atoms with Gasteiger partial charge in [-0.3, -0.25) is 9.69 Å². The Hall–Kier alpha value is -0.650. The summed E-state index contributed by atoms with van der Waals surface area (Å²) >= 11 is 0. The smallest absolute Gasteiger partial charge is 0.234 e. The third kappa shape index (κ3) is 5.38. The van der Waals surface area contributed by atoms with E-state index in [0.29, 0.717) is 25.1 Å². The first-order valence-electron chi connectivity index (χ1n) is 7.84. The molecular formula is C15H31N3O2. The van der Waals surface area contributed by atoms with Crippen LogP contribution in [0.5, 0.6) is 0 Å². The topological polar surface area (TPSA) is 67.6 Å². The average Bonchev–Trinajstić information content (AvgIpc) is 2.45. The average molecular weight is 285 g/mol. The molecule has 0 aromatic rings. The highest BCUT2D eigenvalue weighted by Crippen LogP contribution is 2.27. The number of carbonyl (C=O) groups excluding carboxylic acids is 1. The molecule has 1 rings (SSSR count). The van der Waals surface area contributed by atoms with E-state index in [1.165, 1.54) is 19.3 Å². The maximum atomic E-state index is 12.1. The highest BCUT2D eigenvalue weighted by atomic mass is 16.5. The predicted octanol–water partition coefficient (Wildman–Crippen LogP) is 0.977. The monoisotopic (exact) mass is 285 g/mol. The van der Waals surface area contributed by atoms with Gasteiger partial charge in [-0.05, 0) is 38.8 Å². The lowest BCUT2D eigenvalue weighted by molar-refractivity contribution is -0.124. The summed E-state index contributed by atoms with van der Waals surface area (Å²) in [4.78, 5) is 14.4. The van der Waals surface area contributed by atoms with Crippen LogP contribution in [0.4, 0.5) is 0 Å². The molecule has 118 valence electrons. The molecule has 20 heavy (non-hydrogen) atoms. The first-order valence-corrected chi connectivity index (χ1v) is 7.84. The Morgan fingerprint density at radius 3 is 2.75 bits per heavy atom. The molecule has 3 N–H and O–H groups in total. The van der Waals surface area contributed by atoms with Crippen molar-refractivity contribution in [2.45, 2.75) is 51.6 Å². The lowest BCUT2D eigenvalue weighted by Crippen LogP contribution is -2.50. The summed E-state index contributed by atoms with van der Waals surface area (Å²) in [6.07, 6.45) is 4.88. The van der Waals surface area contributed by atoms with E-state index in [9.17, 15) is 4.79 Å². The Morgan fingerprint density at radius 1 is 1.45 bits per heavy atom. The van der Waals surface area contributed by atoms with Gasteiger partial charge >= 0.3 is 0 Å². The number of methoxy groups -OCH3 is 1. The van der Waals surface area contributed by atoms with Crippen LogP contribution in [0.1, 0.15) is 39.5 Å². The van der Waals surface area contributed by atoms with Gasteiger partial charge in [-0.1, -0.05) is 19.8 Å². The Bertz CT molecular complexity index is 286. The van der Waals surface area contributed by atoms with Crippen molar-refractivity contribution in [2.75, 3.05) is 33.4 Å². The molecule has 0 spiro atoms. The molecule has 5 nitrogen and oxygen atoms in total. The van der Waals surface area contributed by atoms with Gasteiger partial charge in [0.2, 0.25) is 5.91 Å². The molecule has 1 aliphatic carbocycles. The SMILES string of the molecule is CCN(CC(=O)NC(C)COC)C1CCCCC1CN. The third-order valence-electron chi connectivity index (χ3n) is 4.22. The molecule has 0 aromatic heterocycles. The zero-order valence-electron chi connectivity index (χ0n) is 13.2. The normalized spacial score (nSPS) is 24.6. The number of amides is 1. The second kappa shape index (κ2) is 9.32. The van der Waals surface area contributed by atoms with Gasteiger partial charge in [0.15, 0.2) is 0 Å². The Labute approximate surface area is 123 Å². The van der Waals surface area contributed by atoms with Crippen molar-refractivity contribution >= 4 is 5.91 Å². The molecule has 3 unspecified atom stereocenters. The number of ether oxygens (including phenoxy) is 1. The van der Waals surface area contributed by atoms with E-state index in [4.69, 9.17) is 10.5 Å². The number of nitrogens with one attached hydrogen (secondary N) is 1. The first-order chi connectivity index (χ1) is 9.62. The first kappa shape index (κ1) is 17.4. The molecule has 0 bridgehead atoms. The van der Waals surface area contributed by atoms with Crippen LogP contribution >= 0.6 is 0 Å². The van der Waals surface area contributed by atoms with Crippen LogP contribution in [0.15, 0.2) is 0 Å². The summed E-state index contributed by atoms with van der Waals surface area (Å²) in [5, 5.41) is 2.98. The lowest BCUT2D eigenvalue weighted by Gasteiger charge is -2.39. The zero-order chi connectivity index (χ0) is 15.0. The Kier molecular flexibility index (Phi) is 8.11. The quantitative estimate of drug-likeness (QED) is 0.697. The number of likely N-dealkylation sites (N-methyl/N-ethyl adjacent to an activating group) is 1. The molecule has 1 saturated carbocycles. The number of nitrogens with zero attached hydrogens (tertiary/aromatic N) is 1. The van der Waals surface area contributed by atoms with Crippen LogP contribution in [-0.2, 0) is 9.53 Å². The second-order valence-electron chi connectivity index (χ2n) is 5.83. The highest BCUT2D eigenvalue weighted by molar-refractivity contribution is 5.78. The van der Waals surface area contributed by atoms with E-state index < -0.39 is 0 Å². The molecular weight excluding hydrogens is 254 g/mol. The van der Waals surface area contributed by atoms with E-state index in [2.05, 4.69) is 17.1 Å². The molecule has 0 saturated heterocycles. The van der Waals surface area contributed by atoms with Crippen LogP contribution in [-0.4, -0.2) is 56.2 Å². The number of nitrogens with two attached hydrogens (primary N) is 1. The van der Waals surface area contributed by atoms with Crippen LogP contribution < -0.4 is 11.1 Å². The second-order valence-corrected chi connectivity index (χ2v) is 5.83. The minimum atomic E-state index is 0.0582. The van der Waals surface area contributed by atoms with Gasteiger partial charge in [0.1, 0.15) is 0 Å². The van der Waals surface area contributed by atoms with Crippen molar-refractivity contribution in [3.63, 3.8) is 0 Å². The summed E-state index contributed by atoms with van der Waals surface area (Å²) in [7, 11) is 1.65. The Balaban J connectivity index is 2.50. The van der Waals surface area contributed by atoms with Crippen LogP contribution in [0.3, 0.4) is 0 Å². The summed E-state index contributed by atoms with van der Waals surface area (Å²) in [6, 6.07) is 0.519. The summed E-state index contributed by atoms with van der Waals surface area (Å²) < 4.78 is 5.04. The zero-order valence-corrected chi connectivity index (χ0v) is 13.2. The van der Waals surface area contributed by atoms with E-state index in [1.807, 2.05) is 6.92 Å². The fraction of sp³-hybridized carbons (Fsp3) is 0.933. The Morgan fingerprint density at radius 2 is 2.15 bits per heavy atom. The molecule has 0 aliphatic heterocycles. The van der Waals surface area contributed by atoms with Crippen molar-refractivity contribution in [2.24, 2.45) is 11.7 Å². The van der Waals surface area contributed by atoms with Gasteiger partial charge in [0.05, 0.1) is 13.2 Å². The van der Waals surface area contributed by atoms with E-state index in [0.717, 1.165) is 19.5 Å². The van der Waals surface area contributed by atoms with Crippen molar-refractivity contribution in [3.05, 3.63) is 0 Å². The maximum absolute atomic E-state index is 12.1. The van der Waals surface area contributed by atoms with Crippen LogP contribution in [0.25, 0.3) is 0 Å². The lowest BCUT2D eigenvalue weighted by atomic mass is 9.83. The fourth-order valence-electron chi connectivity index (χ4n) is 3.20. The van der Waals surface area contributed by atoms with E-state index in [1.54, 1.807) is 7.11 Å². The van der Waals surface area contributed by atoms with Gasteiger partial charge in [0.25, 0.3) is 0 Å². The fourth-order valence-corrected chi connectivity index (χ4v) is 3.20. The minimum Gasteiger partial charge on any atom is -0.383 e. The molecule has 0 radical (unpaired) electrons. The largest absolute Gasteiger partial charge is 0.383 e. The summed E-state index contributed by atoms with van der Waals surface area (Å²) in [5.41, 5.74) is 5.89. The van der Waals surface area contributed by atoms with Crippen molar-refractivity contribution in [1.29, 1.82) is 0 Å². The van der Waals surface area contributed by atoms with Gasteiger partial charge < -0.3 is 15.8 Å². The molecule has 1 amide bonds. The van der Waals surface area contributed by atoms with Gasteiger partial charge in [-0.15, -0.1) is 0 Å². The van der Waals surface area contributed by atoms with E-state index >= 15 is 0 Å². The minimum absolute atomic E-state index is 0.0582. The van der Waals surface area contributed by atoms with Gasteiger partial charge in [0, 0.05) is 19.2 Å². The van der Waals surface area contributed by atoms with Crippen molar-refractivity contribution in [1.82, 2.24) is 10.2 Å². The molecule has 1 aliphatic rings. The van der Waals surface area contributed by atoms with Crippen molar-refractivity contribution in [3.8, 4) is 0 Å². The van der Waals surface area contributed by atoms with Crippen LogP contribution in [0.2, 0.25) is 0 Å². The van der Waals surface area contributed by atoms with Crippen molar-refractivity contribution < 1.29 is 9.53 Å². The standard InChI is InChI=1S/C15H31N3O2/c1-4-18(10-15(19)17-12(2)11-20-3)14-8-6-5-7-13(14)9-16/h12-14H,4-11,16H2,1-3H3,(H,17,19). The predicted molar refractivity (Wildman–Crippen MR) is 81.5 cm³/mol. The van der Waals surface area contributed by atoms with Gasteiger partial charge in [-0.2, -0.15) is 0 Å². The summed E-state index contributed by atoms with van der Waals surface area (Å²) in [6.45, 7) is 6.71. The number of carbonyl (C=O) groups is 1. The highest BCUT2D eigenvalue weighted by Gasteiger charge is 2.29. The third-order valence-corrected chi connectivity index (χ3v) is 4.22. The van der Waals surface area contributed by atoms with Gasteiger partial charge in [-0.25, -0.2) is 0 Å². The number of rotatable bonds is 8. The molecule has 0 aromatic carbocycles. The maximum Gasteiger partial charge on any atom is 0.234 e. The molecule has 0 heterocycles.